The van der Waals surface area contributed by atoms with Crippen LogP contribution in [0.2, 0.25) is 0 Å². The van der Waals surface area contributed by atoms with Gasteiger partial charge in [0.2, 0.25) is 11.9 Å². The van der Waals surface area contributed by atoms with Crippen molar-refractivity contribution in [3.8, 4) is 0 Å². The molecule has 1 amide bonds. The molecule has 182 valence electrons. The van der Waals surface area contributed by atoms with Crippen molar-refractivity contribution in [2.24, 2.45) is 5.92 Å². The van der Waals surface area contributed by atoms with Gasteiger partial charge in [0.25, 0.3) is 0 Å². The maximum atomic E-state index is 13.9. The maximum Gasteiger partial charge on any atom is 0.413 e. The van der Waals surface area contributed by atoms with Crippen LogP contribution in [0.15, 0.2) is 36.5 Å². The van der Waals surface area contributed by atoms with Crippen LogP contribution in [0.25, 0.3) is 5.65 Å². The Morgan fingerprint density at radius 3 is 2.38 bits per heavy atom. The van der Waals surface area contributed by atoms with E-state index in [1.54, 1.807) is 18.3 Å². The fourth-order valence-corrected chi connectivity index (χ4v) is 4.33. The fourth-order valence-electron chi connectivity index (χ4n) is 4.33. The molecule has 1 atom stereocenters. The van der Waals surface area contributed by atoms with E-state index < -0.39 is 30.0 Å². The van der Waals surface area contributed by atoms with Gasteiger partial charge in [-0.15, -0.1) is 5.10 Å². The Morgan fingerprint density at radius 1 is 1.21 bits per heavy atom. The van der Waals surface area contributed by atoms with E-state index in [0.717, 1.165) is 21.7 Å². The number of nitrogens with zero attached hydrogens (tertiary/aromatic N) is 4. The molecule has 4 rings (SSSR count). The third-order valence-electron chi connectivity index (χ3n) is 5.96. The highest BCUT2D eigenvalue weighted by Gasteiger charge is 2.47. The Morgan fingerprint density at radius 2 is 1.85 bits per heavy atom. The van der Waals surface area contributed by atoms with Crippen molar-refractivity contribution in [1.29, 1.82) is 0 Å². The van der Waals surface area contributed by atoms with Crippen LogP contribution in [0.1, 0.15) is 49.2 Å². The molecule has 3 heterocycles. The second-order valence-corrected chi connectivity index (χ2v) is 9.67. The van der Waals surface area contributed by atoms with Crippen LogP contribution in [-0.4, -0.2) is 51.8 Å². The molecule has 1 unspecified atom stereocenters. The van der Waals surface area contributed by atoms with Crippen molar-refractivity contribution in [2.45, 2.75) is 44.8 Å². The molecule has 0 saturated carbocycles. The SMILES string of the molecule is CN(C(=O)C1COC1)C(c1ccc(Cc2cnc3cc(F)nn3c2C(C)(C)C)cc1)C(F)(F)F. The number of rotatable bonds is 5. The van der Waals surface area contributed by atoms with Gasteiger partial charge in [-0.25, -0.2) is 9.50 Å². The summed E-state index contributed by atoms with van der Waals surface area (Å²) >= 11 is 0. The van der Waals surface area contributed by atoms with Gasteiger partial charge in [0.1, 0.15) is 0 Å². The molecule has 6 nitrogen and oxygen atoms in total. The first kappa shape index (κ1) is 24.1. The van der Waals surface area contributed by atoms with Crippen molar-refractivity contribution < 1.29 is 27.1 Å². The van der Waals surface area contributed by atoms with E-state index in [4.69, 9.17) is 4.74 Å². The Labute approximate surface area is 194 Å². The first-order valence-corrected chi connectivity index (χ1v) is 10.9. The van der Waals surface area contributed by atoms with Crippen LogP contribution < -0.4 is 0 Å². The molecule has 2 aromatic heterocycles. The smallest absolute Gasteiger partial charge is 0.380 e. The molecule has 0 radical (unpaired) electrons. The summed E-state index contributed by atoms with van der Waals surface area (Å²) in [6.07, 6.45) is -2.60. The summed E-state index contributed by atoms with van der Waals surface area (Å²) in [6.45, 7) is 6.20. The van der Waals surface area contributed by atoms with E-state index in [9.17, 15) is 22.4 Å². The number of carbonyl (C=O) groups excluding carboxylic acids is 1. The molecule has 10 heteroatoms. The van der Waals surface area contributed by atoms with Gasteiger partial charge in [-0.05, 0) is 16.7 Å². The normalized spacial score (nSPS) is 15.9. The van der Waals surface area contributed by atoms with Gasteiger partial charge < -0.3 is 9.64 Å². The van der Waals surface area contributed by atoms with Gasteiger partial charge in [0, 0.05) is 31.1 Å². The summed E-state index contributed by atoms with van der Waals surface area (Å²) < 4.78 is 61.9. The molecule has 1 aliphatic rings. The summed E-state index contributed by atoms with van der Waals surface area (Å²) in [5, 5.41) is 3.92. The molecule has 1 fully saturated rings. The van der Waals surface area contributed by atoms with E-state index in [2.05, 4.69) is 10.1 Å². The summed E-state index contributed by atoms with van der Waals surface area (Å²) in [5.41, 5.74) is 2.30. The number of hydrogen-bond donors (Lipinski definition) is 0. The first-order chi connectivity index (χ1) is 15.9. The molecule has 3 aromatic rings. The zero-order valence-corrected chi connectivity index (χ0v) is 19.4. The number of amides is 1. The summed E-state index contributed by atoms with van der Waals surface area (Å²) in [7, 11) is 1.17. The van der Waals surface area contributed by atoms with E-state index >= 15 is 0 Å². The topological polar surface area (TPSA) is 59.7 Å². The lowest BCUT2D eigenvalue weighted by molar-refractivity contribution is -0.195. The van der Waals surface area contributed by atoms with Crippen molar-refractivity contribution in [2.75, 3.05) is 20.3 Å². The minimum Gasteiger partial charge on any atom is -0.380 e. The highest BCUT2D eigenvalue weighted by Crippen LogP contribution is 2.38. The number of aromatic nitrogens is 3. The van der Waals surface area contributed by atoms with Gasteiger partial charge in [-0.2, -0.15) is 17.6 Å². The predicted octanol–water partition coefficient (Wildman–Crippen LogP) is 4.46. The van der Waals surface area contributed by atoms with Gasteiger partial charge in [-0.3, -0.25) is 4.79 Å². The summed E-state index contributed by atoms with van der Waals surface area (Å²) in [5.74, 6) is -1.76. The molecule has 1 aromatic carbocycles. The van der Waals surface area contributed by atoms with Gasteiger partial charge >= 0.3 is 6.18 Å². The van der Waals surface area contributed by atoms with Crippen LogP contribution in [0, 0.1) is 11.9 Å². The van der Waals surface area contributed by atoms with E-state index in [-0.39, 0.29) is 24.2 Å². The van der Waals surface area contributed by atoms with Gasteiger partial charge in [0.15, 0.2) is 11.7 Å². The third-order valence-corrected chi connectivity index (χ3v) is 5.96. The molecule has 0 aliphatic carbocycles. The second kappa shape index (κ2) is 8.65. The number of ether oxygens (including phenoxy) is 1. The molecular formula is C24H26F4N4O2. The van der Waals surface area contributed by atoms with E-state index in [1.807, 2.05) is 20.8 Å². The van der Waals surface area contributed by atoms with Crippen LogP contribution >= 0.6 is 0 Å². The van der Waals surface area contributed by atoms with Crippen LogP contribution in [0.3, 0.4) is 0 Å². The Bertz CT molecular complexity index is 1190. The average Bonchev–Trinajstić information content (AvgIpc) is 3.05. The van der Waals surface area contributed by atoms with Crippen LogP contribution in [0.5, 0.6) is 0 Å². The van der Waals surface area contributed by atoms with Crippen molar-refractivity contribution >= 4 is 11.6 Å². The Hall–Kier alpha value is -3.01. The number of benzene rings is 1. The molecule has 0 N–H and O–H groups in total. The summed E-state index contributed by atoms with van der Waals surface area (Å²) in [4.78, 5) is 17.5. The lowest BCUT2D eigenvalue weighted by Crippen LogP contribution is -2.47. The average molecular weight is 478 g/mol. The Kier molecular flexibility index (Phi) is 6.14. The zero-order valence-electron chi connectivity index (χ0n) is 19.4. The number of halogens is 4. The van der Waals surface area contributed by atoms with Crippen molar-refractivity contribution in [1.82, 2.24) is 19.5 Å². The van der Waals surface area contributed by atoms with Crippen molar-refractivity contribution in [3.63, 3.8) is 0 Å². The molecular weight excluding hydrogens is 452 g/mol. The molecule has 0 spiro atoms. The van der Waals surface area contributed by atoms with Crippen LogP contribution in [0.4, 0.5) is 17.6 Å². The Balaban J connectivity index is 1.63. The lowest BCUT2D eigenvalue weighted by atomic mass is 9.87. The largest absolute Gasteiger partial charge is 0.413 e. The minimum absolute atomic E-state index is 0.0221. The number of alkyl halides is 3. The number of carbonyl (C=O) groups is 1. The number of hydrogen-bond acceptors (Lipinski definition) is 4. The van der Waals surface area contributed by atoms with Gasteiger partial charge in [-0.1, -0.05) is 45.0 Å². The van der Waals surface area contributed by atoms with E-state index in [0.29, 0.717) is 12.1 Å². The molecule has 1 saturated heterocycles. The predicted molar refractivity (Wildman–Crippen MR) is 117 cm³/mol. The van der Waals surface area contributed by atoms with Crippen molar-refractivity contribution in [3.05, 3.63) is 64.9 Å². The lowest BCUT2D eigenvalue weighted by Gasteiger charge is -2.35. The standard InChI is InChI=1S/C24H26F4N4O2/c1-23(2,3)20-16(11-29-19-10-18(25)30-32(19)20)9-14-5-7-15(8-6-14)21(24(26,27)28)31(4)22(33)17-12-34-13-17/h5-8,10-11,17,21H,9,12-13H2,1-4H3. The second-order valence-electron chi connectivity index (χ2n) is 9.67. The highest BCUT2D eigenvalue weighted by atomic mass is 19.4. The third kappa shape index (κ3) is 4.64. The van der Waals surface area contributed by atoms with Crippen LogP contribution in [-0.2, 0) is 21.4 Å². The molecule has 34 heavy (non-hydrogen) atoms. The zero-order chi connectivity index (χ0) is 24.8. The fraction of sp³-hybridized carbons (Fsp3) is 0.458. The number of fused-ring (bicyclic) bond motifs is 1. The quantitative estimate of drug-likeness (QED) is 0.508. The highest BCUT2D eigenvalue weighted by molar-refractivity contribution is 5.80. The maximum absolute atomic E-state index is 13.9. The molecule has 0 bridgehead atoms. The minimum atomic E-state index is -4.63. The van der Waals surface area contributed by atoms with Gasteiger partial charge in [0.05, 0.1) is 24.8 Å². The first-order valence-electron chi connectivity index (χ1n) is 10.9. The molecule has 1 aliphatic heterocycles. The monoisotopic (exact) mass is 478 g/mol. The van der Waals surface area contributed by atoms with E-state index in [1.165, 1.54) is 29.8 Å². The summed E-state index contributed by atoms with van der Waals surface area (Å²) in [6, 6.07) is 5.21.